The monoisotopic (exact) mass is 653 g/mol. The summed E-state index contributed by atoms with van der Waals surface area (Å²) in [5.74, 6) is -1.22. The second kappa shape index (κ2) is 13.4. The lowest BCUT2D eigenvalue weighted by molar-refractivity contribution is -0.122. The van der Waals surface area contributed by atoms with Crippen molar-refractivity contribution in [3.63, 3.8) is 0 Å². The summed E-state index contributed by atoms with van der Waals surface area (Å²) < 4.78 is 12.2. The van der Waals surface area contributed by atoms with Gasteiger partial charge in [-0.3, -0.25) is 19.7 Å². The van der Waals surface area contributed by atoms with Crippen LogP contribution in [0.2, 0.25) is 0 Å². The minimum Gasteiger partial charge on any atom is -0.489 e. The number of urea groups is 1. The predicted molar refractivity (Wildman–Crippen MR) is 170 cm³/mol. The van der Waals surface area contributed by atoms with Gasteiger partial charge in [-0.05, 0) is 85.1 Å². The number of nitrogens with zero attached hydrogens (tertiary/aromatic N) is 1. The molecule has 0 unspecified atom stereocenters. The van der Waals surface area contributed by atoms with Crippen LogP contribution in [0.3, 0.4) is 0 Å². The molecule has 0 aliphatic carbocycles. The van der Waals surface area contributed by atoms with Crippen LogP contribution in [-0.4, -0.2) is 30.4 Å². The molecule has 1 saturated heterocycles. The highest BCUT2D eigenvalue weighted by Crippen LogP contribution is 2.29. The fraction of sp³-hybridized carbons (Fsp3) is 0.118. The molecule has 9 nitrogen and oxygen atoms in total. The minimum absolute atomic E-state index is 0.256. The fourth-order valence-electron chi connectivity index (χ4n) is 4.46. The lowest BCUT2D eigenvalue weighted by Gasteiger charge is -2.26. The number of ether oxygens (including phenoxy) is 2. The molecule has 0 spiro atoms. The first-order chi connectivity index (χ1) is 21.2. The average molecular weight is 655 g/mol. The zero-order chi connectivity index (χ0) is 31.2. The molecular weight excluding hydrogens is 626 g/mol. The summed E-state index contributed by atoms with van der Waals surface area (Å²) in [4.78, 5) is 52.6. The molecule has 1 aliphatic rings. The van der Waals surface area contributed by atoms with Crippen molar-refractivity contribution in [3.8, 4) is 11.5 Å². The average Bonchev–Trinajstić information content (AvgIpc) is 3.01. The van der Waals surface area contributed by atoms with E-state index in [-0.39, 0.29) is 29.5 Å². The Balaban J connectivity index is 1.32. The Hall–Kier alpha value is -5.22. The number of carbonyl (C=O) groups is 4. The lowest BCUT2D eigenvalue weighted by Crippen LogP contribution is -2.54. The van der Waals surface area contributed by atoms with Gasteiger partial charge in [-0.15, -0.1) is 0 Å². The molecule has 4 aromatic rings. The van der Waals surface area contributed by atoms with Crippen LogP contribution in [0, 0.1) is 13.8 Å². The molecule has 4 aromatic carbocycles. The molecular formula is C34H28BrN3O6. The van der Waals surface area contributed by atoms with E-state index in [0.29, 0.717) is 28.1 Å². The molecule has 222 valence electrons. The number of hydrogen-bond acceptors (Lipinski definition) is 6. The number of amides is 5. The third kappa shape index (κ3) is 7.04. The first-order valence-corrected chi connectivity index (χ1v) is 14.5. The van der Waals surface area contributed by atoms with Gasteiger partial charge >= 0.3 is 6.03 Å². The number of imide groups is 2. The molecule has 5 rings (SSSR count). The van der Waals surface area contributed by atoms with Gasteiger partial charge in [-0.1, -0.05) is 58.4 Å². The van der Waals surface area contributed by atoms with Gasteiger partial charge in [0.1, 0.15) is 23.7 Å². The largest absolute Gasteiger partial charge is 0.489 e. The zero-order valence-corrected chi connectivity index (χ0v) is 25.5. The number of anilines is 2. The Morgan fingerprint density at radius 3 is 2.41 bits per heavy atom. The van der Waals surface area contributed by atoms with Crippen LogP contribution >= 0.6 is 15.9 Å². The first-order valence-electron chi connectivity index (χ1n) is 13.7. The van der Waals surface area contributed by atoms with E-state index in [9.17, 15) is 19.2 Å². The number of benzene rings is 4. The number of carbonyl (C=O) groups excluding carboxylic acids is 4. The minimum atomic E-state index is -0.871. The standard InChI is InChI=1S/C34H28BrN3O6/c1-21-7-6-10-29(22(21)2)36-31(39)20-44-30-16-11-25(35)17-24(30)18-28-32(40)37-34(42)38(33(28)41)26-12-14-27(15-13-26)43-19-23-8-4-3-5-9-23/h3-18H,19-20H2,1-2H3,(H,36,39)(H,37,40,42)/b28-18-. The highest BCUT2D eigenvalue weighted by atomic mass is 79.9. The molecule has 44 heavy (non-hydrogen) atoms. The molecule has 0 radical (unpaired) electrons. The summed E-state index contributed by atoms with van der Waals surface area (Å²) in [6.45, 7) is 3.92. The van der Waals surface area contributed by atoms with E-state index in [1.54, 1.807) is 48.5 Å². The Morgan fingerprint density at radius 2 is 1.66 bits per heavy atom. The Morgan fingerprint density at radius 1 is 0.909 bits per heavy atom. The number of barbiturate groups is 1. The second-order valence-electron chi connectivity index (χ2n) is 9.99. The number of nitrogens with one attached hydrogen (secondary N) is 2. The van der Waals surface area contributed by atoms with Crippen LogP contribution in [0.1, 0.15) is 22.3 Å². The van der Waals surface area contributed by atoms with Crippen molar-refractivity contribution in [1.82, 2.24) is 5.32 Å². The molecule has 0 aromatic heterocycles. The number of rotatable bonds is 9. The van der Waals surface area contributed by atoms with Gasteiger partial charge in [0.25, 0.3) is 17.7 Å². The molecule has 1 fully saturated rings. The second-order valence-corrected chi connectivity index (χ2v) is 10.9. The summed E-state index contributed by atoms with van der Waals surface area (Å²) >= 11 is 3.40. The topological polar surface area (TPSA) is 114 Å². The van der Waals surface area contributed by atoms with Gasteiger partial charge in [0.15, 0.2) is 6.61 Å². The van der Waals surface area contributed by atoms with Crippen LogP contribution in [0.5, 0.6) is 11.5 Å². The number of halogens is 1. The lowest BCUT2D eigenvalue weighted by atomic mass is 10.1. The molecule has 1 aliphatic heterocycles. The molecule has 5 amide bonds. The van der Waals surface area contributed by atoms with Crippen LogP contribution in [-0.2, 0) is 21.0 Å². The zero-order valence-electron chi connectivity index (χ0n) is 23.9. The van der Waals surface area contributed by atoms with Gasteiger partial charge in [0.05, 0.1) is 5.69 Å². The van der Waals surface area contributed by atoms with Gasteiger partial charge < -0.3 is 14.8 Å². The third-order valence-electron chi connectivity index (χ3n) is 6.95. The molecule has 0 atom stereocenters. The summed E-state index contributed by atoms with van der Waals surface area (Å²) in [6, 6.07) is 25.8. The fourth-order valence-corrected chi connectivity index (χ4v) is 4.84. The Kier molecular flexibility index (Phi) is 9.20. The summed E-state index contributed by atoms with van der Waals surface area (Å²) in [7, 11) is 0. The van der Waals surface area contributed by atoms with Gasteiger partial charge in [-0.2, -0.15) is 0 Å². The van der Waals surface area contributed by atoms with Crippen molar-refractivity contribution in [2.75, 3.05) is 16.8 Å². The highest BCUT2D eigenvalue weighted by Gasteiger charge is 2.37. The van der Waals surface area contributed by atoms with E-state index in [1.165, 1.54) is 6.08 Å². The highest BCUT2D eigenvalue weighted by molar-refractivity contribution is 9.10. The third-order valence-corrected chi connectivity index (χ3v) is 7.45. The summed E-state index contributed by atoms with van der Waals surface area (Å²) in [5.41, 5.74) is 4.00. The van der Waals surface area contributed by atoms with Crippen molar-refractivity contribution in [1.29, 1.82) is 0 Å². The maximum absolute atomic E-state index is 13.5. The van der Waals surface area contributed by atoms with Crippen molar-refractivity contribution in [2.45, 2.75) is 20.5 Å². The van der Waals surface area contributed by atoms with Crippen LogP contribution in [0.15, 0.2) is 101 Å². The maximum Gasteiger partial charge on any atom is 0.335 e. The smallest absolute Gasteiger partial charge is 0.335 e. The number of hydrogen-bond donors (Lipinski definition) is 2. The van der Waals surface area contributed by atoms with E-state index in [4.69, 9.17) is 9.47 Å². The van der Waals surface area contributed by atoms with Crippen LogP contribution in [0.4, 0.5) is 16.2 Å². The van der Waals surface area contributed by atoms with Crippen molar-refractivity contribution >= 4 is 57.1 Å². The number of aryl methyl sites for hydroxylation is 1. The van der Waals surface area contributed by atoms with Crippen molar-refractivity contribution in [2.24, 2.45) is 0 Å². The first kappa shape index (κ1) is 30.2. The normalized spacial score (nSPS) is 13.9. The molecule has 1 heterocycles. The SMILES string of the molecule is Cc1cccc(NC(=O)COc2ccc(Br)cc2/C=C2/C(=O)NC(=O)N(c3ccc(OCc4ccccc4)cc3)C2=O)c1C. The van der Waals surface area contributed by atoms with Crippen LogP contribution in [0.25, 0.3) is 6.08 Å². The van der Waals surface area contributed by atoms with Gasteiger partial charge in [0.2, 0.25) is 0 Å². The summed E-state index contributed by atoms with van der Waals surface area (Å²) in [6.07, 6.45) is 1.33. The van der Waals surface area contributed by atoms with E-state index in [2.05, 4.69) is 26.6 Å². The van der Waals surface area contributed by atoms with Crippen LogP contribution < -0.4 is 25.0 Å². The molecule has 10 heteroatoms. The van der Waals surface area contributed by atoms with E-state index in [1.807, 2.05) is 56.3 Å². The Bertz CT molecular complexity index is 1770. The molecule has 2 N–H and O–H groups in total. The molecule has 0 bridgehead atoms. The van der Waals surface area contributed by atoms with E-state index >= 15 is 0 Å². The van der Waals surface area contributed by atoms with Crippen molar-refractivity contribution < 1.29 is 28.7 Å². The van der Waals surface area contributed by atoms with E-state index < -0.39 is 17.8 Å². The summed E-state index contributed by atoms with van der Waals surface area (Å²) in [5, 5.41) is 5.06. The van der Waals surface area contributed by atoms with Crippen molar-refractivity contribution in [3.05, 3.63) is 123 Å². The van der Waals surface area contributed by atoms with Gasteiger partial charge in [0, 0.05) is 15.7 Å². The predicted octanol–water partition coefficient (Wildman–Crippen LogP) is 6.33. The Labute approximate surface area is 262 Å². The maximum atomic E-state index is 13.5. The molecule has 0 saturated carbocycles. The van der Waals surface area contributed by atoms with E-state index in [0.717, 1.165) is 21.6 Å². The quantitative estimate of drug-likeness (QED) is 0.161. The van der Waals surface area contributed by atoms with Gasteiger partial charge in [-0.25, -0.2) is 9.69 Å².